The van der Waals surface area contributed by atoms with E-state index in [4.69, 9.17) is 10.5 Å². The Morgan fingerprint density at radius 3 is 2.70 bits per heavy atom. The van der Waals surface area contributed by atoms with Crippen molar-refractivity contribution in [3.63, 3.8) is 0 Å². The van der Waals surface area contributed by atoms with Crippen LogP contribution in [-0.4, -0.2) is 9.78 Å². The first-order valence-corrected chi connectivity index (χ1v) is 6.71. The second-order valence-electron chi connectivity index (χ2n) is 4.87. The number of rotatable bonds is 5. The van der Waals surface area contributed by atoms with E-state index in [1.807, 2.05) is 27.0 Å². The fraction of sp³-hybridized carbons (Fsp3) is 0.400. The molecular weight excluding hydrogens is 257 g/mol. The van der Waals surface area contributed by atoms with Gasteiger partial charge >= 0.3 is 0 Å². The topological polar surface area (TPSA) is 53.1 Å². The van der Waals surface area contributed by atoms with Crippen LogP contribution >= 0.6 is 0 Å². The van der Waals surface area contributed by atoms with Crippen molar-refractivity contribution in [3.05, 3.63) is 47.0 Å². The molecule has 0 aliphatic rings. The number of aromatic nitrogens is 2. The first-order chi connectivity index (χ1) is 9.51. The normalized spacial score (nSPS) is 12.4. The summed E-state index contributed by atoms with van der Waals surface area (Å²) in [6.45, 7) is 4.15. The summed E-state index contributed by atoms with van der Waals surface area (Å²) < 4.78 is 21.2. The van der Waals surface area contributed by atoms with Crippen molar-refractivity contribution < 1.29 is 9.13 Å². The van der Waals surface area contributed by atoms with Crippen molar-refractivity contribution >= 4 is 0 Å². The number of aryl methyl sites for hydroxylation is 2. The minimum Gasteiger partial charge on any atom is -0.484 e. The Labute approximate surface area is 118 Å². The quantitative estimate of drug-likeness (QED) is 0.914. The van der Waals surface area contributed by atoms with Crippen LogP contribution in [0.2, 0.25) is 0 Å². The van der Waals surface area contributed by atoms with Gasteiger partial charge in [0.05, 0.1) is 11.4 Å². The van der Waals surface area contributed by atoms with Gasteiger partial charge in [0, 0.05) is 13.1 Å². The first kappa shape index (κ1) is 14.5. The van der Waals surface area contributed by atoms with Gasteiger partial charge in [0.15, 0.2) is 11.6 Å². The molecule has 1 atom stereocenters. The third-order valence-electron chi connectivity index (χ3n) is 3.25. The van der Waals surface area contributed by atoms with E-state index >= 15 is 0 Å². The van der Waals surface area contributed by atoms with Crippen molar-refractivity contribution in [1.82, 2.24) is 9.78 Å². The average Bonchev–Trinajstić information content (AvgIpc) is 2.78. The SMILES string of the molecule is CCc1cc(COc2ccc([C@H](C)N)cc2F)n(C)n1. The Balaban J connectivity index is 2.08. The van der Waals surface area contributed by atoms with E-state index in [2.05, 4.69) is 5.10 Å². The molecule has 5 heteroatoms. The number of ether oxygens (including phenoxy) is 1. The molecule has 1 heterocycles. The first-order valence-electron chi connectivity index (χ1n) is 6.71. The molecule has 2 rings (SSSR count). The van der Waals surface area contributed by atoms with Crippen molar-refractivity contribution in [2.24, 2.45) is 12.8 Å². The largest absolute Gasteiger partial charge is 0.484 e. The summed E-state index contributed by atoms with van der Waals surface area (Å²) in [5.41, 5.74) is 8.38. The molecule has 0 saturated heterocycles. The van der Waals surface area contributed by atoms with Crippen LogP contribution in [0.4, 0.5) is 4.39 Å². The van der Waals surface area contributed by atoms with Gasteiger partial charge in [-0.05, 0) is 37.1 Å². The van der Waals surface area contributed by atoms with Crippen LogP contribution in [0, 0.1) is 5.82 Å². The highest BCUT2D eigenvalue weighted by Crippen LogP contribution is 2.22. The number of halogens is 1. The van der Waals surface area contributed by atoms with Gasteiger partial charge in [-0.25, -0.2) is 4.39 Å². The summed E-state index contributed by atoms with van der Waals surface area (Å²) in [6.07, 6.45) is 0.866. The van der Waals surface area contributed by atoms with E-state index in [1.54, 1.807) is 16.8 Å². The lowest BCUT2D eigenvalue weighted by Crippen LogP contribution is -2.07. The molecular formula is C15H20FN3O. The molecule has 20 heavy (non-hydrogen) atoms. The highest BCUT2D eigenvalue weighted by molar-refractivity contribution is 5.31. The molecule has 0 radical (unpaired) electrons. The second kappa shape index (κ2) is 6.05. The zero-order valence-corrected chi connectivity index (χ0v) is 12.1. The Morgan fingerprint density at radius 1 is 1.40 bits per heavy atom. The molecule has 0 amide bonds. The van der Waals surface area contributed by atoms with Crippen molar-refractivity contribution in [2.45, 2.75) is 32.9 Å². The smallest absolute Gasteiger partial charge is 0.165 e. The van der Waals surface area contributed by atoms with E-state index in [9.17, 15) is 4.39 Å². The maximum Gasteiger partial charge on any atom is 0.165 e. The molecule has 1 aromatic heterocycles. The molecule has 2 aromatic rings. The fourth-order valence-electron chi connectivity index (χ4n) is 1.95. The lowest BCUT2D eigenvalue weighted by molar-refractivity contribution is 0.280. The predicted octanol–water partition coefficient (Wildman–Crippen LogP) is 2.72. The standard InChI is InChI=1S/C15H20FN3O/c1-4-12-8-13(19(3)18-12)9-20-15-6-5-11(10(2)17)7-14(15)16/h5-8,10H,4,9,17H2,1-3H3/t10-/m0/s1. The third-order valence-corrected chi connectivity index (χ3v) is 3.25. The Kier molecular flexibility index (Phi) is 4.39. The van der Waals surface area contributed by atoms with Crippen LogP contribution in [0.15, 0.2) is 24.3 Å². The van der Waals surface area contributed by atoms with Gasteiger partial charge in [0.25, 0.3) is 0 Å². The van der Waals surface area contributed by atoms with Crippen LogP contribution in [0.1, 0.15) is 36.8 Å². The maximum atomic E-state index is 13.9. The number of hydrogen-bond acceptors (Lipinski definition) is 3. The molecule has 0 spiro atoms. The highest BCUT2D eigenvalue weighted by atomic mass is 19.1. The van der Waals surface area contributed by atoms with E-state index < -0.39 is 5.82 Å². The van der Waals surface area contributed by atoms with Crippen molar-refractivity contribution in [2.75, 3.05) is 0 Å². The summed E-state index contributed by atoms with van der Waals surface area (Å²) >= 11 is 0. The summed E-state index contributed by atoms with van der Waals surface area (Å²) in [5.74, 6) is -0.161. The van der Waals surface area contributed by atoms with E-state index in [1.165, 1.54) is 6.07 Å². The zero-order valence-electron chi connectivity index (χ0n) is 12.1. The maximum absolute atomic E-state index is 13.9. The lowest BCUT2D eigenvalue weighted by atomic mass is 10.1. The Bertz CT molecular complexity index is 593. The monoisotopic (exact) mass is 277 g/mol. The van der Waals surface area contributed by atoms with Gasteiger partial charge in [0.2, 0.25) is 0 Å². The van der Waals surface area contributed by atoms with Crippen LogP contribution in [0.5, 0.6) is 5.75 Å². The minimum atomic E-state index is -0.391. The Hall–Kier alpha value is -1.88. The third kappa shape index (κ3) is 3.17. The van der Waals surface area contributed by atoms with Gasteiger partial charge < -0.3 is 10.5 Å². The van der Waals surface area contributed by atoms with Crippen LogP contribution in [-0.2, 0) is 20.1 Å². The van der Waals surface area contributed by atoms with E-state index in [0.717, 1.165) is 23.4 Å². The summed E-state index contributed by atoms with van der Waals surface area (Å²) in [6, 6.07) is 6.59. The Morgan fingerprint density at radius 2 is 2.15 bits per heavy atom. The molecule has 0 aliphatic carbocycles. The van der Waals surface area contributed by atoms with Gasteiger partial charge in [-0.3, -0.25) is 4.68 Å². The molecule has 0 bridgehead atoms. The summed E-state index contributed by atoms with van der Waals surface area (Å²) in [5, 5.41) is 4.33. The molecule has 2 N–H and O–H groups in total. The molecule has 4 nitrogen and oxygen atoms in total. The molecule has 0 saturated carbocycles. The summed E-state index contributed by atoms with van der Waals surface area (Å²) in [7, 11) is 1.85. The van der Waals surface area contributed by atoms with E-state index in [0.29, 0.717) is 0 Å². The molecule has 1 aromatic carbocycles. The molecule has 0 fully saturated rings. The van der Waals surface area contributed by atoms with Crippen molar-refractivity contribution in [3.8, 4) is 5.75 Å². The van der Waals surface area contributed by atoms with Gasteiger partial charge in [0.1, 0.15) is 6.61 Å². The summed E-state index contributed by atoms with van der Waals surface area (Å²) in [4.78, 5) is 0. The minimum absolute atomic E-state index is 0.192. The van der Waals surface area contributed by atoms with Crippen LogP contribution in [0.25, 0.3) is 0 Å². The molecule has 0 unspecified atom stereocenters. The number of benzene rings is 1. The van der Waals surface area contributed by atoms with E-state index in [-0.39, 0.29) is 18.4 Å². The fourth-order valence-corrected chi connectivity index (χ4v) is 1.95. The van der Waals surface area contributed by atoms with Crippen LogP contribution < -0.4 is 10.5 Å². The number of nitrogens with two attached hydrogens (primary N) is 1. The number of hydrogen-bond donors (Lipinski definition) is 1. The second-order valence-corrected chi connectivity index (χ2v) is 4.87. The van der Waals surface area contributed by atoms with Gasteiger partial charge in [-0.15, -0.1) is 0 Å². The predicted molar refractivity (Wildman–Crippen MR) is 75.9 cm³/mol. The zero-order chi connectivity index (χ0) is 14.7. The van der Waals surface area contributed by atoms with Crippen molar-refractivity contribution in [1.29, 1.82) is 0 Å². The van der Waals surface area contributed by atoms with Crippen LogP contribution in [0.3, 0.4) is 0 Å². The number of nitrogens with zero attached hydrogens (tertiary/aromatic N) is 2. The van der Waals surface area contributed by atoms with Gasteiger partial charge in [-0.2, -0.15) is 5.10 Å². The molecule has 108 valence electrons. The highest BCUT2D eigenvalue weighted by Gasteiger charge is 2.09. The lowest BCUT2D eigenvalue weighted by Gasteiger charge is -2.10. The average molecular weight is 277 g/mol. The molecule has 0 aliphatic heterocycles. The van der Waals surface area contributed by atoms with Gasteiger partial charge in [-0.1, -0.05) is 13.0 Å².